The summed E-state index contributed by atoms with van der Waals surface area (Å²) in [4.78, 5) is 0. The van der Waals surface area contributed by atoms with Gasteiger partial charge in [-0.3, -0.25) is 0 Å². The van der Waals surface area contributed by atoms with Crippen molar-refractivity contribution in [1.82, 2.24) is 0 Å². The Morgan fingerprint density at radius 2 is 1.55 bits per heavy atom. The van der Waals surface area contributed by atoms with Gasteiger partial charge in [0.15, 0.2) is 0 Å². The molecule has 0 saturated heterocycles. The van der Waals surface area contributed by atoms with Crippen LogP contribution in [0.3, 0.4) is 0 Å². The van der Waals surface area contributed by atoms with E-state index in [9.17, 15) is 0 Å². The van der Waals surface area contributed by atoms with E-state index in [1.165, 1.54) is 11.1 Å². The molecule has 0 aromatic heterocycles. The maximum atomic E-state index is 6.10. The summed E-state index contributed by atoms with van der Waals surface area (Å²) >= 11 is -1.94. The van der Waals surface area contributed by atoms with Gasteiger partial charge >= 0.3 is 147 Å². The van der Waals surface area contributed by atoms with E-state index in [1.807, 2.05) is 10.7 Å². The SMILES string of the molecule is COc1cc([CH]=[Ru]([Cl])[Cl])c(OC)c2c1C(C)(C)CCC2(C)C. The average molecular weight is 432 g/mol. The number of ether oxygens (including phenoxy) is 2. The van der Waals surface area contributed by atoms with Gasteiger partial charge in [-0.15, -0.1) is 0 Å². The molecule has 2 nitrogen and oxygen atoms in total. The van der Waals surface area contributed by atoms with Crippen LogP contribution in [0.2, 0.25) is 0 Å². The van der Waals surface area contributed by atoms with Gasteiger partial charge in [-0.25, -0.2) is 0 Å². The van der Waals surface area contributed by atoms with Crippen molar-refractivity contribution in [2.75, 3.05) is 14.2 Å². The second-order valence-corrected chi connectivity index (χ2v) is 12.8. The number of hydrogen-bond donors (Lipinski definition) is 0. The third-order valence-electron chi connectivity index (χ3n) is 4.61. The number of halogens is 2. The minimum atomic E-state index is -1.94. The predicted octanol–water partition coefficient (Wildman–Crippen LogP) is 5.13. The van der Waals surface area contributed by atoms with Gasteiger partial charge < -0.3 is 0 Å². The molecule has 0 aliphatic heterocycles. The van der Waals surface area contributed by atoms with Gasteiger partial charge in [0.25, 0.3) is 0 Å². The Morgan fingerprint density at radius 1 is 1.00 bits per heavy atom. The Kier molecular flexibility index (Phi) is 5.32. The van der Waals surface area contributed by atoms with Gasteiger partial charge in [0.2, 0.25) is 0 Å². The van der Waals surface area contributed by atoms with Crippen LogP contribution in [0.25, 0.3) is 0 Å². The van der Waals surface area contributed by atoms with E-state index in [0.29, 0.717) is 0 Å². The van der Waals surface area contributed by atoms with Crippen molar-refractivity contribution in [2.24, 2.45) is 0 Å². The second kappa shape index (κ2) is 6.42. The molecule has 0 unspecified atom stereocenters. The fraction of sp³-hybridized carbons (Fsp3) is 0.588. The molecule has 0 N–H and O–H groups in total. The van der Waals surface area contributed by atoms with Crippen LogP contribution in [0.1, 0.15) is 57.2 Å². The topological polar surface area (TPSA) is 18.5 Å². The van der Waals surface area contributed by atoms with Crippen molar-refractivity contribution >= 4 is 24.0 Å². The second-order valence-electron chi connectivity index (χ2n) is 7.03. The number of rotatable bonds is 3. The molecular formula is C17H24Cl2O2Ru. The van der Waals surface area contributed by atoms with E-state index in [-0.39, 0.29) is 10.8 Å². The fourth-order valence-electron chi connectivity index (χ4n) is 3.39. The molecule has 5 heteroatoms. The van der Waals surface area contributed by atoms with Crippen LogP contribution in [-0.2, 0) is 24.3 Å². The Hall–Kier alpha value is -0.107. The first-order valence-corrected chi connectivity index (χ1v) is 12.7. The molecule has 0 fully saturated rings. The zero-order valence-corrected chi connectivity index (χ0v) is 17.2. The van der Waals surface area contributed by atoms with Crippen molar-refractivity contribution in [3.8, 4) is 11.5 Å². The predicted molar refractivity (Wildman–Crippen MR) is 91.7 cm³/mol. The Labute approximate surface area is 146 Å². The fourth-order valence-corrected chi connectivity index (χ4v) is 5.16. The van der Waals surface area contributed by atoms with Crippen molar-refractivity contribution < 1.29 is 23.0 Å². The molecule has 1 aliphatic carbocycles. The van der Waals surface area contributed by atoms with Gasteiger partial charge in [0, 0.05) is 0 Å². The third-order valence-corrected chi connectivity index (χ3v) is 6.44. The van der Waals surface area contributed by atoms with Crippen LogP contribution >= 0.6 is 19.4 Å². The van der Waals surface area contributed by atoms with E-state index in [2.05, 4.69) is 27.7 Å². The van der Waals surface area contributed by atoms with Crippen molar-refractivity contribution in [2.45, 2.75) is 51.4 Å². The molecule has 1 aromatic rings. The molecule has 0 amide bonds. The molecule has 1 aromatic carbocycles. The quantitative estimate of drug-likeness (QED) is 0.617. The van der Waals surface area contributed by atoms with Crippen molar-refractivity contribution in [3.63, 3.8) is 0 Å². The zero-order valence-electron chi connectivity index (χ0n) is 14.0. The molecule has 1 aliphatic rings. The van der Waals surface area contributed by atoms with Crippen molar-refractivity contribution in [1.29, 1.82) is 0 Å². The Bertz CT molecular complexity index is 618. The average Bonchev–Trinajstić information content (AvgIpc) is 2.42. The monoisotopic (exact) mass is 432 g/mol. The Morgan fingerprint density at radius 3 is 2.00 bits per heavy atom. The van der Waals surface area contributed by atoms with Crippen LogP contribution in [0.4, 0.5) is 0 Å². The maximum absolute atomic E-state index is 6.10. The summed E-state index contributed by atoms with van der Waals surface area (Å²) in [6, 6.07) is 2.02. The first-order valence-electron chi connectivity index (χ1n) is 7.27. The molecule has 22 heavy (non-hydrogen) atoms. The van der Waals surface area contributed by atoms with E-state index in [0.717, 1.165) is 29.9 Å². The first-order chi connectivity index (χ1) is 10.1. The first kappa shape index (κ1) is 18.2. The molecule has 0 spiro atoms. The molecule has 0 saturated carbocycles. The van der Waals surface area contributed by atoms with Gasteiger partial charge in [0.05, 0.1) is 0 Å². The zero-order chi connectivity index (χ0) is 16.7. The van der Waals surface area contributed by atoms with Gasteiger partial charge in [-0.05, 0) is 0 Å². The minimum absolute atomic E-state index is 0.0313. The molecular weight excluding hydrogens is 408 g/mol. The number of fused-ring (bicyclic) bond motifs is 1. The van der Waals surface area contributed by atoms with Crippen molar-refractivity contribution in [3.05, 3.63) is 22.8 Å². The summed E-state index contributed by atoms with van der Waals surface area (Å²) in [6.07, 6.45) is 2.23. The summed E-state index contributed by atoms with van der Waals surface area (Å²) in [5.41, 5.74) is 3.53. The number of hydrogen-bond acceptors (Lipinski definition) is 2. The number of benzene rings is 1. The normalized spacial score (nSPS) is 19.2. The Balaban J connectivity index is 2.91. The van der Waals surface area contributed by atoms with Crippen LogP contribution < -0.4 is 9.47 Å². The summed E-state index contributed by atoms with van der Waals surface area (Å²) < 4.78 is 13.4. The summed E-state index contributed by atoms with van der Waals surface area (Å²) in [7, 11) is 15.6. The van der Waals surface area contributed by atoms with E-state index < -0.39 is 13.5 Å². The van der Waals surface area contributed by atoms with E-state index in [1.54, 1.807) is 14.2 Å². The molecule has 126 valence electrons. The van der Waals surface area contributed by atoms with Crippen LogP contribution in [-0.4, -0.2) is 18.8 Å². The van der Waals surface area contributed by atoms with Gasteiger partial charge in [-0.2, -0.15) is 0 Å². The summed E-state index contributed by atoms with van der Waals surface area (Å²) in [5, 5.41) is 0. The standard InChI is InChI=1S/C17H24O2.2ClH.Ru/c1-11-10-12(18-6)13-14(15(11)19-7)17(4,5)9-8-16(13,2)3;;;/h1,10H,8-9H2,2-7H3;2*1H;/q;;;+2/p-2. The van der Waals surface area contributed by atoms with E-state index in [4.69, 9.17) is 28.9 Å². The van der Waals surface area contributed by atoms with Gasteiger partial charge in [-0.1, -0.05) is 0 Å². The molecule has 0 heterocycles. The summed E-state index contributed by atoms with van der Waals surface area (Å²) in [6.45, 7) is 9.08. The van der Waals surface area contributed by atoms with Gasteiger partial charge in [0.1, 0.15) is 0 Å². The summed E-state index contributed by atoms with van der Waals surface area (Å²) in [5.74, 6) is 1.80. The van der Waals surface area contributed by atoms with E-state index >= 15 is 0 Å². The van der Waals surface area contributed by atoms with Crippen LogP contribution in [0.15, 0.2) is 6.07 Å². The molecule has 0 radical (unpaired) electrons. The molecule has 0 bridgehead atoms. The number of methoxy groups -OCH3 is 2. The van der Waals surface area contributed by atoms with Crippen LogP contribution in [0.5, 0.6) is 11.5 Å². The molecule has 2 rings (SSSR count). The van der Waals surface area contributed by atoms with Crippen LogP contribution in [0, 0.1) is 0 Å². The third kappa shape index (κ3) is 3.23. The molecule has 0 atom stereocenters.